The molecule has 0 fully saturated rings. The van der Waals surface area contributed by atoms with Gasteiger partial charge in [0.1, 0.15) is 0 Å². The molecule has 3 heteroatoms. The Morgan fingerprint density at radius 3 is 2.11 bits per heavy atom. The first kappa shape index (κ1) is 15.5. The molecule has 1 aromatic carbocycles. The summed E-state index contributed by atoms with van der Waals surface area (Å²) in [6.45, 7) is 8.51. The summed E-state index contributed by atoms with van der Waals surface area (Å²) in [5.41, 5.74) is 0.818. The molecule has 0 aliphatic heterocycles. The molecule has 2 nitrogen and oxygen atoms in total. The van der Waals surface area contributed by atoms with E-state index in [1.54, 1.807) is 0 Å². The molecule has 2 unspecified atom stereocenters. The number of amides is 1. The number of rotatable bonds is 5. The summed E-state index contributed by atoms with van der Waals surface area (Å²) in [5, 5.41) is 0. The Hall–Kier alpha value is -0.580. The number of carbonyl (C=O) groups is 1. The fourth-order valence-corrected chi connectivity index (χ4v) is 2.62. The van der Waals surface area contributed by atoms with E-state index < -0.39 is 0 Å². The van der Waals surface area contributed by atoms with E-state index in [2.05, 4.69) is 50.3 Å². The van der Waals surface area contributed by atoms with Gasteiger partial charge in [0, 0.05) is 15.7 Å². The molecule has 0 spiro atoms. The van der Waals surface area contributed by atoms with Crippen LogP contribution in [0.4, 0.5) is 0 Å². The number of nitrogens with zero attached hydrogens (tertiary/aromatic N) is 1. The Bertz CT molecular complexity index is 395. The molecule has 0 saturated carbocycles. The lowest BCUT2D eigenvalue weighted by Gasteiger charge is -2.34. The molecule has 1 aromatic rings. The highest BCUT2D eigenvalue weighted by Gasteiger charge is 2.25. The van der Waals surface area contributed by atoms with E-state index in [9.17, 15) is 4.79 Å². The van der Waals surface area contributed by atoms with Crippen molar-refractivity contribution in [2.24, 2.45) is 0 Å². The zero-order chi connectivity index (χ0) is 13.7. The summed E-state index contributed by atoms with van der Waals surface area (Å²) < 4.78 is 1.02. The van der Waals surface area contributed by atoms with Crippen molar-refractivity contribution in [1.82, 2.24) is 4.90 Å². The SMILES string of the molecule is CCC(C)N(C(=O)c1ccccc1I)C(C)CC. The van der Waals surface area contributed by atoms with E-state index in [-0.39, 0.29) is 18.0 Å². The van der Waals surface area contributed by atoms with Crippen molar-refractivity contribution < 1.29 is 4.79 Å². The molecule has 2 atom stereocenters. The van der Waals surface area contributed by atoms with Gasteiger partial charge in [-0.25, -0.2) is 0 Å². The Kier molecular flexibility index (Phi) is 6.12. The second-order valence-corrected chi connectivity index (χ2v) is 5.87. The summed E-state index contributed by atoms with van der Waals surface area (Å²) in [7, 11) is 0. The molecular formula is C15H22INO. The van der Waals surface area contributed by atoms with E-state index in [4.69, 9.17) is 0 Å². The monoisotopic (exact) mass is 359 g/mol. The van der Waals surface area contributed by atoms with Gasteiger partial charge in [0.15, 0.2) is 0 Å². The van der Waals surface area contributed by atoms with Crippen LogP contribution in [0, 0.1) is 3.57 Å². The first-order chi connectivity index (χ1) is 8.52. The molecule has 0 aliphatic carbocycles. The van der Waals surface area contributed by atoms with E-state index in [1.165, 1.54) is 0 Å². The summed E-state index contributed by atoms with van der Waals surface area (Å²) in [6, 6.07) is 8.36. The molecule has 1 rings (SSSR count). The van der Waals surface area contributed by atoms with Crippen molar-refractivity contribution in [3.63, 3.8) is 0 Å². The maximum atomic E-state index is 12.7. The van der Waals surface area contributed by atoms with Gasteiger partial charge in [0.25, 0.3) is 5.91 Å². The molecule has 0 radical (unpaired) electrons. The Balaban J connectivity index is 3.07. The number of hydrogen-bond donors (Lipinski definition) is 0. The molecular weight excluding hydrogens is 337 g/mol. The van der Waals surface area contributed by atoms with Crippen LogP contribution in [0.15, 0.2) is 24.3 Å². The van der Waals surface area contributed by atoms with Crippen molar-refractivity contribution in [3.8, 4) is 0 Å². The Morgan fingerprint density at radius 1 is 1.17 bits per heavy atom. The van der Waals surface area contributed by atoms with Crippen LogP contribution in [0.1, 0.15) is 50.9 Å². The van der Waals surface area contributed by atoms with E-state index in [1.807, 2.05) is 29.2 Å². The van der Waals surface area contributed by atoms with E-state index >= 15 is 0 Å². The van der Waals surface area contributed by atoms with E-state index in [0.717, 1.165) is 22.0 Å². The smallest absolute Gasteiger partial charge is 0.255 e. The minimum absolute atomic E-state index is 0.156. The highest BCUT2D eigenvalue weighted by atomic mass is 127. The molecule has 0 aliphatic rings. The second-order valence-electron chi connectivity index (χ2n) is 4.71. The second kappa shape index (κ2) is 7.12. The predicted molar refractivity (Wildman–Crippen MR) is 84.8 cm³/mol. The minimum Gasteiger partial charge on any atom is -0.333 e. The lowest BCUT2D eigenvalue weighted by atomic mass is 10.1. The van der Waals surface area contributed by atoms with Crippen molar-refractivity contribution in [2.45, 2.75) is 52.6 Å². The third-order valence-electron chi connectivity index (χ3n) is 3.47. The van der Waals surface area contributed by atoms with Crippen molar-refractivity contribution in [1.29, 1.82) is 0 Å². The zero-order valence-electron chi connectivity index (χ0n) is 11.6. The number of halogens is 1. The number of hydrogen-bond acceptors (Lipinski definition) is 1. The van der Waals surface area contributed by atoms with Crippen LogP contribution < -0.4 is 0 Å². The van der Waals surface area contributed by atoms with Crippen LogP contribution in [0.3, 0.4) is 0 Å². The fourth-order valence-electron chi connectivity index (χ4n) is 2.00. The molecule has 100 valence electrons. The van der Waals surface area contributed by atoms with Gasteiger partial charge < -0.3 is 4.90 Å². The molecule has 1 amide bonds. The first-order valence-electron chi connectivity index (χ1n) is 6.60. The van der Waals surface area contributed by atoms with Crippen molar-refractivity contribution in [2.75, 3.05) is 0 Å². The van der Waals surface area contributed by atoms with Crippen molar-refractivity contribution in [3.05, 3.63) is 33.4 Å². The van der Waals surface area contributed by atoms with Gasteiger partial charge in [-0.05, 0) is 61.4 Å². The third kappa shape index (κ3) is 3.46. The van der Waals surface area contributed by atoms with Crippen LogP contribution in [-0.4, -0.2) is 22.9 Å². The van der Waals surface area contributed by atoms with Gasteiger partial charge in [0.05, 0.1) is 5.56 Å². The van der Waals surface area contributed by atoms with Crippen molar-refractivity contribution >= 4 is 28.5 Å². The maximum Gasteiger partial charge on any atom is 0.255 e. The zero-order valence-corrected chi connectivity index (χ0v) is 13.8. The molecule has 0 saturated heterocycles. The largest absolute Gasteiger partial charge is 0.333 e. The van der Waals surface area contributed by atoms with Gasteiger partial charge in [-0.1, -0.05) is 26.0 Å². The van der Waals surface area contributed by atoms with Crippen LogP contribution in [0.2, 0.25) is 0 Å². The first-order valence-corrected chi connectivity index (χ1v) is 7.67. The minimum atomic E-state index is 0.156. The van der Waals surface area contributed by atoms with Gasteiger partial charge >= 0.3 is 0 Å². The average Bonchev–Trinajstić information content (AvgIpc) is 2.38. The van der Waals surface area contributed by atoms with Crippen LogP contribution in [0.5, 0.6) is 0 Å². The van der Waals surface area contributed by atoms with Crippen LogP contribution >= 0.6 is 22.6 Å². The van der Waals surface area contributed by atoms with Gasteiger partial charge in [0.2, 0.25) is 0 Å². The summed E-state index contributed by atoms with van der Waals surface area (Å²) in [6.07, 6.45) is 1.97. The summed E-state index contributed by atoms with van der Waals surface area (Å²) >= 11 is 2.23. The molecule has 0 heterocycles. The van der Waals surface area contributed by atoms with Gasteiger partial charge in [-0.15, -0.1) is 0 Å². The third-order valence-corrected chi connectivity index (χ3v) is 4.41. The molecule has 0 N–H and O–H groups in total. The standard InChI is InChI=1S/C15H22INO/c1-5-11(3)17(12(4)6-2)15(18)13-9-7-8-10-14(13)16/h7-12H,5-6H2,1-4H3. The molecule has 18 heavy (non-hydrogen) atoms. The highest BCUT2D eigenvalue weighted by molar-refractivity contribution is 14.1. The van der Waals surface area contributed by atoms with E-state index in [0.29, 0.717) is 0 Å². The van der Waals surface area contributed by atoms with Gasteiger partial charge in [-0.2, -0.15) is 0 Å². The average molecular weight is 359 g/mol. The molecule has 0 aromatic heterocycles. The number of carbonyl (C=O) groups excluding carboxylic acids is 1. The number of benzene rings is 1. The topological polar surface area (TPSA) is 20.3 Å². The Morgan fingerprint density at radius 2 is 1.67 bits per heavy atom. The normalized spacial score (nSPS) is 14.1. The Labute approximate surface area is 124 Å². The quantitative estimate of drug-likeness (QED) is 0.717. The van der Waals surface area contributed by atoms with Gasteiger partial charge in [-0.3, -0.25) is 4.79 Å². The highest BCUT2D eigenvalue weighted by Crippen LogP contribution is 2.19. The summed E-state index contributed by atoms with van der Waals surface area (Å²) in [5.74, 6) is 0.156. The molecule has 0 bridgehead atoms. The summed E-state index contributed by atoms with van der Waals surface area (Å²) in [4.78, 5) is 14.7. The van der Waals surface area contributed by atoms with Crippen LogP contribution in [-0.2, 0) is 0 Å². The van der Waals surface area contributed by atoms with Crippen LogP contribution in [0.25, 0.3) is 0 Å². The lowest BCUT2D eigenvalue weighted by molar-refractivity contribution is 0.0597. The lowest BCUT2D eigenvalue weighted by Crippen LogP contribution is -2.44. The maximum absolute atomic E-state index is 12.7. The fraction of sp³-hybridized carbons (Fsp3) is 0.533. The predicted octanol–water partition coefficient (Wildman–Crippen LogP) is 4.33.